The van der Waals surface area contributed by atoms with E-state index in [0.29, 0.717) is 31.5 Å². The minimum atomic E-state index is -1.22. The van der Waals surface area contributed by atoms with Crippen LogP contribution in [0.1, 0.15) is 29.6 Å². The van der Waals surface area contributed by atoms with E-state index < -0.39 is 35.0 Å². The second-order valence-corrected chi connectivity index (χ2v) is 4.58. The standard InChI is InChI=1S/C13H14F3NO2/c14-8-5-10(15)12(11(16)6-8)13(19)17-4-2-1-3-9(17)7-18/h5-6,9,18H,1-4,7H2. The number of piperidine rings is 1. The summed E-state index contributed by atoms with van der Waals surface area (Å²) in [5.41, 5.74) is -0.762. The Morgan fingerprint density at radius 3 is 2.47 bits per heavy atom. The van der Waals surface area contributed by atoms with Crippen LogP contribution in [0, 0.1) is 17.5 Å². The molecule has 0 saturated carbocycles. The van der Waals surface area contributed by atoms with Crippen molar-refractivity contribution in [2.45, 2.75) is 25.3 Å². The first kappa shape index (κ1) is 13.9. The van der Waals surface area contributed by atoms with Crippen molar-refractivity contribution in [1.82, 2.24) is 4.90 Å². The number of nitrogens with zero attached hydrogens (tertiary/aromatic N) is 1. The number of aliphatic hydroxyl groups excluding tert-OH is 1. The predicted octanol–water partition coefficient (Wildman–Crippen LogP) is 2.09. The number of hydrogen-bond acceptors (Lipinski definition) is 2. The summed E-state index contributed by atoms with van der Waals surface area (Å²) in [5.74, 6) is -4.34. The fourth-order valence-corrected chi connectivity index (χ4v) is 2.35. The van der Waals surface area contributed by atoms with Gasteiger partial charge in [0, 0.05) is 18.7 Å². The molecule has 104 valence electrons. The van der Waals surface area contributed by atoms with Crippen LogP contribution < -0.4 is 0 Å². The molecule has 1 unspecified atom stereocenters. The van der Waals surface area contributed by atoms with Crippen LogP contribution in [-0.4, -0.2) is 35.1 Å². The van der Waals surface area contributed by atoms with Crippen molar-refractivity contribution in [1.29, 1.82) is 0 Å². The number of hydrogen-bond donors (Lipinski definition) is 1. The molecule has 1 heterocycles. The van der Waals surface area contributed by atoms with Gasteiger partial charge in [0.1, 0.15) is 23.0 Å². The predicted molar refractivity (Wildman–Crippen MR) is 62.1 cm³/mol. The summed E-state index contributed by atoms with van der Waals surface area (Å²) in [7, 11) is 0. The van der Waals surface area contributed by atoms with Gasteiger partial charge in [-0.3, -0.25) is 4.79 Å². The minimum Gasteiger partial charge on any atom is -0.394 e. The second-order valence-electron chi connectivity index (χ2n) is 4.58. The van der Waals surface area contributed by atoms with Crippen LogP contribution in [-0.2, 0) is 0 Å². The van der Waals surface area contributed by atoms with Gasteiger partial charge < -0.3 is 10.0 Å². The van der Waals surface area contributed by atoms with Crippen molar-refractivity contribution >= 4 is 5.91 Å². The molecule has 6 heteroatoms. The molecule has 3 nitrogen and oxygen atoms in total. The lowest BCUT2D eigenvalue weighted by Crippen LogP contribution is -2.46. The normalized spacial score (nSPS) is 19.6. The molecule has 1 atom stereocenters. The molecule has 1 N–H and O–H groups in total. The summed E-state index contributed by atoms with van der Waals surface area (Å²) in [5, 5.41) is 9.20. The average molecular weight is 273 g/mol. The number of carbonyl (C=O) groups excluding carboxylic acids is 1. The Labute approximate surface area is 108 Å². The van der Waals surface area contributed by atoms with Crippen LogP contribution in [0.2, 0.25) is 0 Å². The van der Waals surface area contributed by atoms with Gasteiger partial charge in [-0.2, -0.15) is 0 Å². The molecular formula is C13H14F3NO2. The molecule has 0 aliphatic carbocycles. The van der Waals surface area contributed by atoms with Crippen molar-refractivity contribution in [3.8, 4) is 0 Å². The Bertz CT molecular complexity index is 470. The number of carbonyl (C=O) groups is 1. The Hall–Kier alpha value is -1.56. The van der Waals surface area contributed by atoms with Gasteiger partial charge in [0.2, 0.25) is 0 Å². The van der Waals surface area contributed by atoms with Crippen LogP contribution in [0.3, 0.4) is 0 Å². The number of benzene rings is 1. The molecule has 19 heavy (non-hydrogen) atoms. The zero-order chi connectivity index (χ0) is 14.0. The molecule has 1 aromatic rings. The summed E-state index contributed by atoms with van der Waals surface area (Å²) in [4.78, 5) is 13.4. The molecule has 0 bridgehead atoms. The van der Waals surface area contributed by atoms with Crippen molar-refractivity contribution < 1.29 is 23.1 Å². The molecule has 0 spiro atoms. The van der Waals surface area contributed by atoms with E-state index in [2.05, 4.69) is 0 Å². The molecule has 1 aromatic carbocycles. The second kappa shape index (κ2) is 5.61. The molecular weight excluding hydrogens is 259 g/mol. The van der Waals surface area contributed by atoms with Gasteiger partial charge in [-0.25, -0.2) is 13.2 Å². The molecule has 1 aliphatic rings. The average Bonchev–Trinajstić information content (AvgIpc) is 2.37. The minimum absolute atomic E-state index is 0.254. The Morgan fingerprint density at radius 2 is 1.89 bits per heavy atom. The third kappa shape index (κ3) is 2.73. The van der Waals surface area contributed by atoms with Gasteiger partial charge in [-0.05, 0) is 19.3 Å². The molecule has 1 fully saturated rings. The lowest BCUT2D eigenvalue weighted by atomic mass is 10.0. The van der Waals surface area contributed by atoms with E-state index in [1.807, 2.05) is 0 Å². The first-order chi connectivity index (χ1) is 9.04. The molecule has 1 aliphatic heterocycles. The van der Waals surface area contributed by atoms with E-state index in [0.717, 1.165) is 6.42 Å². The number of aliphatic hydroxyl groups is 1. The Balaban J connectivity index is 2.33. The van der Waals surface area contributed by atoms with Crippen molar-refractivity contribution in [3.05, 3.63) is 35.1 Å². The lowest BCUT2D eigenvalue weighted by molar-refractivity contribution is 0.0493. The van der Waals surface area contributed by atoms with E-state index in [1.165, 1.54) is 4.90 Å². The molecule has 1 saturated heterocycles. The van der Waals surface area contributed by atoms with Gasteiger partial charge in [0.05, 0.1) is 12.6 Å². The van der Waals surface area contributed by atoms with Gasteiger partial charge in [0.25, 0.3) is 5.91 Å². The number of rotatable bonds is 2. The number of halogens is 3. The summed E-state index contributed by atoms with van der Waals surface area (Å²) < 4.78 is 39.9. The highest BCUT2D eigenvalue weighted by molar-refractivity contribution is 5.95. The van der Waals surface area contributed by atoms with Crippen LogP contribution in [0.5, 0.6) is 0 Å². The van der Waals surface area contributed by atoms with E-state index in [1.54, 1.807) is 0 Å². The first-order valence-electron chi connectivity index (χ1n) is 6.11. The first-order valence-corrected chi connectivity index (χ1v) is 6.11. The zero-order valence-corrected chi connectivity index (χ0v) is 10.2. The maximum absolute atomic E-state index is 13.6. The van der Waals surface area contributed by atoms with Crippen molar-refractivity contribution in [2.24, 2.45) is 0 Å². The third-order valence-corrected chi connectivity index (χ3v) is 3.32. The summed E-state index contributed by atoms with van der Waals surface area (Å²) in [6.45, 7) is 0.0799. The number of likely N-dealkylation sites (tertiary alicyclic amines) is 1. The fraction of sp³-hybridized carbons (Fsp3) is 0.462. The SMILES string of the molecule is O=C(c1c(F)cc(F)cc1F)N1CCCCC1CO. The topological polar surface area (TPSA) is 40.5 Å². The maximum atomic E-state index is 13.6. The summed E-state index contributed by atoms with van der Waals surface area (Å²) in [6.07, 6.45) is 2.16. The van der Waals surface area contributed by atoms with Gasteiger partial charge in [0.15, 0.2) is 0 Å². The van der Waals surface area contributed by atoms with Gasteiger partial charge in [-0.1, -0.05) is 0 Å². The maximum Gasteiger partial charge on any atom is 0.260 e. The highest BCUT2D eigenvalue weighted by Gasteiger charge is 2.30. The van der Waals surface area contributed by atoms with Crippen molar-refractivity contribution in [2.75, 3.05) is 13.2 Å². The quantitative estimate of drug-likeness (QED) is 0.896. The summed E-state index contributed by atoms with van der Waals surface area (Å²) >= 11 is 0. The van der Waals surface area contributed by atoms with E-state index in [4.69, 9.17) is 0 Å². The molecule has 0 aromatic heterocycles. The third-order valence-electron chi connectivity index (χ3n) is 3.32. The fourth-order valence-electron chi connectivity index (χ4n) is 2.35. The Kier molecular flexibility index (Phi) is 4.09. The summed E-state index contributed by atoms with van der Waals surface area (Å²) in [6, 6.07) is 0.521. The highest BCUT2D eigenvalue weighted by atomic mass is 19.1. The molecule has 0 radical (unpaired) electrons. The number of amides is 1. The van der Waals surface area contributed by atoms with Crippen molar-refractivity contribution in [3.63, 3.8) is 0 Å². The monoisotopic (exact) mass is 273 g/mol. The smallest absolute Gasteiger partial charge is 0.260 e. The largest absolute Gasteiger partial charge is 0.394 e. The molecule has 2 rings (SSSR count). The van der Waals surface area contributed by atoms with E-state index in [-0.39, 0.29) is 6.61 Å². The zero-order valence-electron chi connectivity index (χ0n) is 10.2. The van der Waals surface area contributed by atoms with Crippen LogP contribution >= 0.6 is 0 Å². The van der Waals surface area contributed by atoms with E-state index in [9.17, 15) is 23.1 Å². The van der Waals surface area contributed by atoms with Gasteiger partial charge >= 0.3 is 0 Å². The van der Waals surface area contributed by atoms with Crippen LogP contribution in [0.4, 0.5) is 13.2 Å². The molecule has 1 amide bonds. The highest BCUT2D eigenvalue weighted by Crippen LogP contribution is 2.22. The van der Waals surface area contributed by atoms with Gasteiger partial charge in [-0.15, -0.1) is 0 Å². The Morgan fingerprint density at radius 1 is 1.26 bits per heavy atom. The lowest BCUT2D eigenvalue weighted by Gasteiger charge is -2.34. The van der Waals surface area contributed by atoms with Crippen LogP contribution in [0.25, 0.3) is 0 Å². The van der Waals surface area contributed by atoms with E-state index >= 15 is 0 Å². The van der Waals surface area contributed by atoms with Crippen LogP contribution in [0.15, 0.2) is 12.1 Å².